The highest BCUT2D eigenvalue weighted by atomic mass is 35.5. The zero-order chi connectivity index (χ0) is 28.2. The molecule has 0 saturated carbocycles. The number of halogens is 5. The van der Waals surface area contributed by atoms with Crippen LogP contribution in [0.15, 0.2) is 73.1 Å². The SMILES string of the molecule is O=C(O)C(F)(F)F.OC(c1cccnc1)(c1ccc2nc(Cl)c(-c3ccccc3)c(Cl)c2c1)C1CCCNC1. The van der Waals surface area contributed by atoms with E-state index in [0.29, 0.717) is 21.3 Å². The summed E-state index contributed by atoms with van der Waals surface area (Å²) in [7, 11) is 0. The second-order valence-electron chi connectivity index (χ2n) is 9.04. The maximum Gasteiger partial charge on any atom is 0.490 e. The number of aromatic nitrogens is 2. The van der Waals surface area contributed by atoms with Gasteiger partial charge in [-0.05, 0) is 48.7 Å². The number of rotatable bonds is 4. The first-order chi connectivity index (χ1) is 18.5. The fourth-order valence-corrected chi connectivity index (χ4v) is 5.41. The van der Waals surface area contributed by atoms with Crippen LogP contribution in [0.3, 0.4) is 0 Å². The summed E-state index contributed by atoms with van der Waals surface area (Å²) >= 11 is 13.4. The van der Waals surface area contributed by atoms with Crippen molar-refractivity contribution < 1.29 is 28.2 Å². The van der Waals surface area contributed by atoms with E-state index in [0.717, 1.165) is 48.0 Å². The molecule has 0 spiro atoms. The Balaban J connectivity index is 0.000000448. The average Bonchev–Trinajstić information content (AvgIpc) is 2.94. The molecule has 3 heterocycles. The normalized spacial score (nSPS) is 17.1. The summed E-state index contributed by atoms with van der Waals surface area (Å²) in [4.78, 5) is 17.8. The number of benzene rings is 2. The zero-order valence-electron chi connectivity index (χ0n) is 20.4. The maximum atomic E-state index is 12.2. The molecule has 39 heavy (non-hydrogen) atoms. The van der Waals surface area contributed by atoms with Crippen molar-refractivity contribution in [3.05, 3.63) is 94.4 Å². The maximum absolute atomic E-state index is 12.2. The van der Waals surface area contributed by atoms with Crippen molar-refractivity contribution in [1.29, 1.82) is 0 Å². The van der Waals surface area contributed by atoms with Gasteiger partial charge in [0.2, 0.25) is 0 Å². The van der Waals surface area contributed by atoms with E-state index in [4.69, 9.17) is 33.1 Å². The van der Waals surface area contributed by atoms with Crippen molar-refractivity contribution in [1.82, 2.24) is 15.3 Å². The first kappa shape index (κ1) is 28.8. The number of hydrogen-bond donors (Lipinski definition) is 3. The van der Waals surface area contributed by atoms with Crippen molar-refractivity contribution in [3.63, 3.8) is 0 Å². The van der Waals surface area contributed by atoms with Crippen molar-refractivity contribution in [3.8, 4) is 11.1 Å². The van der Waals surface area contributed by atoms with Gasteiger partial charge in [0.1, 0.15) is 10.8 Å². The Morgan fingerprint density at radius 3 is 2.33 bits per heavy atom. The van der Waals surface area contributed by atoms with Crippen LogP contribution in [0, 0.1) is 5.92 Å². The Morgan fingerprint density at radius 1 is 1.03 bits per heavy atom. The monoisotopic (exact) mass is 577 g/mol. The number of carboxylic acids is 1. The minimum Gasteiger partial charge on any atom is -0.475 e. The summed E-state index contributed by atoms with van der Waals surface area (Å²) in [5, 5.41) is 24.4. The van der Waals surface area contributed by atoms with Gasteiger partial charge in [0.25, 0.3) is 0 Å². The summed E-state index contributed by atoms with van der Waals surface area (Å²) in [6.07, 6.45) is 0.309. The fraction of sp³-hybridized carbons (Fsp3) is 0.250. The lowest BCUT2D eigenvalue weighted by Crippen LogP contribution is -2.45. The number of hydrogen-bond acceptors (Lipinski definition) is 5. The van der Waals surface area contributed by atoms with Crippen LogP contribution >= 0.6 is 23.2 Å². The molecule has 2 unspecified atom stereocenters. The van der Waals surface area contributed by atoms with Crippen molar-refractivity contribution in [2.45, 2.75) is 24.6 Å². The predicted octanol–water partition coefficient (Wildman–Crippen LogP) is 6.47. The number of carboxylic acid groups (broad SMARTS) is 1. The van der Waals surface area contributed by atoms with Crippen molar-refractivity contribution in [2.24, 2.45) is 5.92 Å². The third kappa shape index (κ3) is 6.17. The summed E-state index contributed by atoms with van der Waals surface area (Å²) in [5.41, 5.74) is 2.64. The quantitative estimate of drug-likeness (QED) is 0.240. The molecule has 6 nitrogen and oxygen atoms in total. The third-order valence-electron chi connectivity index (χ3n) is 6.61. The number of nitrogens with one attached hydrogen (secondary N) is 1. The van der Waals surface area contributed by atoms with Gasteiger partial charge in [-0.2, -0.15) is 13.2 Å². The van der Waals surface area contributed by atoms with E-state index >= 15 is 0 Å². The molecule has 204 valence electrons. The minimum atomic E-state index is -5.08. The van der Waals surface area contributed by atoms with Gasteiger partial charge in [-0.15, -0.1) is 0 Å². The van der Waals surface area contributed by atoms with E-state index in [1.807, 2.05) is 60.7 Å². The molecule has 1 aliphatic rings. The molecular weight excluding hydrogens is 554 g/mol. The number of nitrogens with zero attached hydrogens (tertiary/aromatic N) is 2. The molecule has 2 aromatic carbocycles. The van der Waals surface area contributed by atoms with Crippen LogP contribution in [-0.4, -0.2) is 45.4 Å². The fourth-order valence-electron chi connectivity index (χ4n) is 4.72. The molecule has 0 radical (unpaired) electrons. The summed E-state index contributed by atoms with van der Waals surface area (Å²) in [5.74, 6) is -2.75. The highest BCUT2D eigenvalue weighted by molar-refractivity contribution is 6.42. The Kier molecular flexibility index (Phi) is 8.76. The second-order valence-corrected chi connectivity index (χ2v) is 9.78. The number of carbonyl (C=O) groups is 1. The van der Waals surface area contributed by atoms with Gasteiger partial charge in [-0.3, -0.25) is 4.98 Å². The van der Waals surface area contributed by atoms with Crippen LogP contribution in [0.1, 0.15) is 24.0 Å². The van der Waals surface area contributed by atoms with Gasteiger partial charge in [-0.1, -0.05) is 65.7 Å². The van der Waals surface area contributed by atoms with Crippen molar-refractivity contribution in [2.75, 3.05) is 13.1 Å². The third-order valence-corrected chi connectivity index (χ3v) is 7.28. The number of alkyl halides is 3. The Hall–Kier alpha value is -3.24. The lowest BCUT2D eigenvalue weighted by molar-refractivity contribution is -0.192. The highest BCUT2D eigenvalue weighted by Gasteiger charge is 2.41. The summed E-state index contributed by atoms with van der Waals surface area (Å²) in [6, 6.07) is 19.3. The van der Waals surface area contributed by atoms with Crippen LogP contribution in [0.5, 0.6) is 0 Å². The molecule has 4 aromatic rings. The number of aliphatic carboxylic acids is 1. The molecule has 3 N–H and O–H groups in total. The molecule has 5 rings (SSSR count). The van der Waals surface area contributed by atoms with E-state index in [-0.39, 0.29) is 5.92 Å². The molecule has 0 aliphatic carbocycles. The Bertz CT molecular complexity index is 1450. The first-order valence-corrected chi connectivity index (χ1v) is 12.8. The van der Waals surface area contributed by atoms with Gasteiger partial charge in [0.15, 0.2) is 0 Å². The van der Waals surface area contributed by atoms with Gasteiger partial charge in [-0.25, -0.2) is 9.78 Å². The number of fused-ring (bicyclic) bond motifs is 1. The van der Waals surface area contributed by atoms with Gasteiger partial charge < -0.3 is 15.5 Å². The first-order valence-electron chi connectivity index (χ1n) is 12.0. The van der Waals surface area contributed by atoms with Crippen LogP contribution < -0.4 is 5.32 Å². The Labute approximate surface area is 232 Å². The van der Waals surface area contributed by atoms with Gasteiger partial charge in [0, 0.05) is 41.4 Å². The smallest absolute Gasteiger partial charge is 0.475 e. The van der Waals surface area contributed by atoms with Crippen LogP contribution in [-0.2, 0) is 10.4 Å². The number of aliphatic hydroxyl groups is 1. The summed E-state index contributed by atoms with van der Waals surface area (Å²) in [6.45, 7) is 1.69. The lowest BCUT2D eigenvalue weighted by Gasteiger charge is -2.39. The standard InChI is InChI=1S/C26H23Cl2N3O.C2HF3O2/c27-24-21-14-18(10-11-22(21)31-25(28)23(24)17-6-2-1-3-7-17)26(32,19-8-4-12-29-15-19)20-9-5-13-30-16-20;3-2(4,5)1(6)7/h1-4,6-8,10-12,14-15,20,30,32H,5,9,13,16H2;(H,6,7). The largest absolute Gasteiger partial charge is 0.490 e. The Morgan fingerprint density at radius 2 is 1.74 bits per heavy atom. The van der Waals surface area contributed by atoms with E-state index in [2.05, 4.69) is 15.3 Å². The molecule has 2 aromatic heterocycles. The van der Waals surface area contributed by atoms with E-state index in [1.165, 1.54) is 0 Å². The molecule has 0 bridgehead atoms. The molecule has 1 aliphatic heterocycles. The van der Waals surface area contributed by atoms with Crippen LogP contribution in [0.4, 0.5) is 13.2 Å². The van der Waals surface area contributed by atoms with Gasteiger partial charge >= 0.3 is 12.1 Å². The van der Waals surface area contributed by atoms with Crippen LogP contribution in [0.2, 0.25) is 10.2 Å². The molecule has 11 heteroatoms. The molecule has 1 saturated heterocycles. The van der Waals surface area contributed by atoms with Crippen molar-refractivity contribution >= 4 is 40.1 Å². The second kappa shape index (κ2) is 11.9. The van der Waals surface area contributed by atoms with E-state index in [9.17, 15) is 18.3 Å². The summed E-state index contributed by atoms with van der Waals surface area (Å²) < 4.78 is 31.7. The number of piperidine rings is 1. The molecule has 1 fully saturated rings. The molecule has 2 atom stereocenters. The topological polar surface area (TPSA) is 95.3 Å². The zero-order valence-corrected chi connectivity index (χ0v) is 21.9. The van der Waals surface area contributed by atoms with Crippen LogP contribution in [0.25, 0.3) is 22.0 Å². The predicted molar refractivity (Wildman–Crippen MR) is 144 cm³/mol. The lowest BCUT2D eigenvalue weighted by atomic mass is 9.73. The molecule has 0 amide bonds. The minimum absolute atomic E-state index is 0.00512. The average molecular weight is 578 g/mol. The van der Waals surface area contributed by atoms with E-state index in [1.54, 1.807) is 12.4 Å². The highest BCUT2D eigenvalue weighted by Crippen LogP contribution is 2.43. The van der Waals surface area contributed by atoms with E-state index < -0.39 is 17.7 Å². The van der Waals surface area contributed by atoms with Gasteiger partial charge in [0.05, 0.1) is 10.5 Å². The molecular formula is C28H24Cl2F3N3O3. The number of pyridine rings is 2.